The second-order valence-corrected chi connectivity index (χ2v) is 13.6. The van der Waals surface area contributed by atoms with Crippen LogP contribution in [0.1, 0.15) is 0 Å². The highest BCUT2D eigenvalue weighted by molar-refractivity contribution is 7.25. The van der Waals surface area contributed by atoms with Crippen molar-refractivity contribution in [1.29, 1.82) is 0 Å². The third kappa shape index (κ3) is 4.70. The smallest absolute Gasteiger partial charge is 0.135 e. The zero-order valence-corrected chi connectivity index (χ0v) is 27.3. The van der Waals surface area contributed by atoms with Gasteiger partial charge >= 0.3 is 0 Å². The lowest BCUT2D eigenvalue weighted by atomic mass is 9.95. The quantitative estimate of drug-likeness (QED) is 0.186. The molecule has 0 amide bonds. The van der Waals surface area contributed by atoms with Gasteiger partial charge in [0.15, 0.2) is 0 Å². The third-order valence-corrected chi connectivity index (χ3v) is 10.8. The summed E-state index contributed by atoms with van der Waals surface area (Å²) >= 11 is 1.85. The molecule has 49 heavy (non-hydrogen) atoms. The number of rotatable bonds is 5. The number of benzene rings is 8. The Bertz CT molecular complexity index is 2840. The van der Waals surface area contributed by atoms with Crippen molar-refractivity contribution in [3.8, 4) is 22.3 Å². The van der Waals surface area contributed by atoms with Gasteiger partial charge in [0, 0.05) is 47.9 Å². The van der Waals surface area contributed by atoms with Crippen LogP contribution in [0.3, 0.4) is 0 Å². The predicted octanol–water partition coefficient (Wildman–Crippen LogP) is 13.9. The lowest BCUT2D eigenvalue weighted by molar-refractivity contribution is 0.669. The Kier molecular flexibility index (Phi) is 6.39. The van der Waals surface area contributed by atoms with Crippen LogP contribution in [0, 0.1) is 0 Å². The summed E-state index contributed by atoms with van der Waals surface area (Å²) in [6, 6.07) is 63.5. The number of furan rings is 1. The molecule has 0 aliphatic carbocycles. The van der Waals surface area contributed by atoms with E-state index in [0.29, 0.717) is 0 Å². The molecule has 0 saturated carbocycles. The maximum absolute atomic E-state index is 6.28. The fourth-order valence-electron chi connectivity index (χ4n) is 7.26. The Morgan fingerprint density at radius 3 is 1.98 bits per heavy atom. The van der Waals surface area contributed by atoms with Gasteiger partial charge in [0.25, 0.3) is 0 Å². The first-order chi connectivity index (χ1) is 24.3. The highest BCUT2D eigenvalue weighted by Gasteiger charge is 2.21. The number of hydrogen-bond acceptors (Lipinski definition) is 3. The maximum atomic E-state index is 6.28. The summed E-state index contributed by atoms with van der Waals surface area (Å²) in [5.74, 6) is 0. The minimum atomic E-state index is 0.887. The first-order valence-corrected chi connectivity index (χ1v) is 17.4. The molecule has 2 heterocycles. The van der Waals surface area contributed by atoms with Crippen LogP contribution >= 0.6 is 11.3 Å². The van der Waals surface area contributed by atoms with Crippen LogP contribution in [-0.2, 0) is 0 Å². The summed E-state index contributed by atoms with van der Waals surface area (Å²) in [5, 5.41) is 7.29. The number of thiophene rings is 1. The monoisotopic (exact) mass is 643 g/mol. The third-order valence-electron chi connectivity index (χ3n) is 9.65. The summed E-state index contributed by atoms with van der Waals surface area (Å²) in [4.78, 5) is 2.43. The van der Waals surface area contributed by atoms with Gasteiger partial charge in [-0.25, -0.2) is 0 Å². The Balaban J connectivity index is 1.25. The van der Waals surface area contributed by atoms with Crippen molar-refractivity contribution in [2.24, 2.45) is 0 Å². The first-order valence-electron chi connectivity index (χ1n) is 16.6. The highest BCUT2D eigenvalue weighted by atomic mass is 32.1. The molecule has 0 N–H and O–H groups in total. The van der Waals surface area contributed by atoms with Crippen LogP contribution < -0.4 is 4.90 Å². The summed E-state index contributed by atoms with van der Waals surface area (Å²) < 4.78 is 8.85. The number of anilines is 3. The van der Waals surface area contributed by atoms with Crippen LogP contribution in [-0.4, -0.2) is 0 Å². The van der Waals surface area contributed by atoms with E-state index in [1.54, 1.807) is 0 Å². The Labute approximate surface area is 287 Å². The molecule has 0 spiro atoms. The molecule has 0 fully saturated rings. The lowest BCUT2D eigenvalue weighted by Crippen LogP contribution is -2.11. The van der Waals surface area contributed by atoms with E-state index < -0.39 is 0 Å². The molecule has 0 aliphatic heterocycles. The van der Waals surface area contributed by atoms with Crippen molar-refractivity contribution in [3.05, 3.63) is 176 Å². The normalized spacial score (nSPS) is 11.7. The van der Waals surface area contributed by atoms with E-state index in [0.717, 1.165) is 39.0 Å². The van der Waals surface area contributed by atoms with Gasteiger partial charge in [-0.2, -0.15) is 0 Å². The van der Waals surface area contributed by atoms with Crippen LogP contribution in [0.4, 0.5) is 17.1 Å². The molecule has 0 unspecified atom stereocenters. The molecule has 2 aromatic heterocycles. The van der Waals surface area contributed by atoms with Crippen molar-refractivity contribution in [1.82, 2.24) is 0 Å². The van der Waals surface area contributed by atoms with E-state index in [4.69, 9.17) is 4.42 Å². The summed E-state index contributed by atoms with van der Waals surface area (Å²) in [6.45, 7) is 0. The number of para-hydroxylation sites is 1. The highest BCUT2D eigenvalue weighted by Crippen LogP contribution is 2.46. The summed E-state index contributed by atoms with van der Waals surface area (Å²) in [7, 11) is 0. The van der Waals surface area contributed by atoms with Gasteiger partial charge in [-0.15, -0.1) is 11.3 Å². The molecule has 10 rings (SSSR count). The average Bonchev–Trinajstić information content (AvgIpc) is 3.73. The molecular weight excluding hydrogens is 615 g/mol. The van der Waals surface area contributed by atoms with Crippen molar-refractivity contribution in [2.75, 3.05) is 4.90 Å². The van der Waals surface area contributed by atoms with Gasteiger partial charge < -0.3 is 9.32 Å². The largest absolute Gasteiger partial charge is 0.456 e. The Morgan fingerprint density at radius 2 is 1.06 bits per heavy atom. The van der Waals surface area contributed by atoms with Gasteiger partial charge in [-0.1, -0.05) is 121 Å². The van der Waals surface area contributed by atoms with Gasteiger partial charge in [-0.3, -0.25) is 0 Å². The van der Waals surface area contributed by atoms with Crippen molar-refractivity contribution in [3.63, 3.8) is 0 Å². The standard InChI is InChI=1S/C46H29NOS/c1-2-11-31(12-3-1)37-23-20-34(33-19-18-30-10-4-5-13-32(30)26-33)27-42(37)47(35-22-25-44-41(28-35)38-14-6-8-16-43(38)48-44)36-21-24-40-39-15-7-9-17-45(39)49-46(40)29-36/h1-29H. The zero-order chi connectivity index (χ0) is 32.3. The summed E-state index contributed by atoms with van der Waals surface area (Å²) in [6.07, 6.45) is 0. The molecule has 10 aromatic rings. The van der Waals surface area contributed by atoms with E-state index in [1.807, 2.05) is 23.5 Å². The van der Waals surface area contributed by atoms with E-state index >= 15 is 0 Å². The molecule has 0 atom stereocenters. The molecule has 0 radical (unpaired) electrons. The predicted molar refractivity (Wildman–Crippen MR) is 210 cm³/mol. The number of nitrogens with zero attached hydrogens (tertiary/aromatic N) is 1. The molecule has 2 nitrogen and oxygen atoms in total. The fraction of sp³-hybridized carbons (Fsp3) is 0. The van der Waals surface area contributed by atoms with Crippen LogP contribution in [0.5, 0.6) is 0 Å². The number of hydrogen-bond donors (Lipinski definition) is 0. The lowest BCUT2D eigenvalue weighted by Gasteiger charge is -2.29. The van der Waals surface area contributed by atoms with Crippen molar-refractivity contribution < 1.29 is 4.42 Å². The topological polar surface area (TPSA) is 16.4 Å². The van der Waals surface area contributed by atoms with Gasteiger partial charge in [-0.05, 0) is 82.1 Å². The maximum Gasteiger partial charge on any atom is 0.135 e. The molecular formula is C46H29NOS. The molecule has 0 saturated heterocycles. The van der Waals surface area contributed by atoms with Crippen molar-refractivity contribution in [2.45, 2.75) is 0 Å². The second kappa shape index (κ2) is 11.2. The number of fused-ring (bicyclic) bond motifs is 7. The van der Waals surface area contributed by atoms with E-state index in [9.17, 15) is 0 Å². The van der Waals surface area contributed by atoms with Gasteiger partial charge in [0.2, 0.25) is 0 Å². The Hall–Kier alpha value is -6.16. The molecule has 230 valence electrons. The van der Waals surface area contributed by atoms with Crippen LogP contribution in [0.2, 0.25) is 0 Å². The van der Waals surface area contributed by atoms with Gasteiger partial charge in [0.1, 0.15) is 11.2 Å². The van der Waals surface area contributed by atoms with E-state index in [1.165, 1.54) is 53.2 Å². The molecule has 8 aromatic carbocycles. The zero-order valence-electron chi connectivity index (χ0n) is 26.5. The molecule has 0 bridgehead atoms. The SMILES string of the molecule is c1ccc(-c2ccc(-c3ccc4ccccc4c3)cc2N(c2ccc3c(c2)sc2ccccc23)c2ccc3oc4ccccc4c3c2)cc1. The Morgan fingerprint density at radius 1 is 0.388 bits per heavy atom. The minimum Gasteiger partial charge on any atom is -0.456 e. The van der Waals surface area contributed by atoms with Gasteiger partial charge in [0.05, 0.1) is 5.69 Å². The van der Waals surface area contributed by atoms with Crippen LogP contribution in [0.15, 0.2) is 180 Å². The van der Waals surface area contributed by atoms with E-state index in [2.05, 4.69) is 169 Å². The van der Waals surface area contributed by atoms with Crippen LogP contribution in [0.25, 0.3) is 75.1 Å². The summed E-state index contributed by atoms with van der Waals surface area (Å²) in [5.41, 5.74) is 9.79. The molecule has 3 heteroatoms. The fourth-order valence-corrected chi connectivity index (χ4v) is 8.40. The molecule has 0 aliphatic rings. The first kappa shape index (κ1) is 27.9. The van der Waals surface area contributed by atoms with Crippen molar-refractivity contribution >= 4 is 81.3 Å². The second-order valence-electron chi connectivity index (χ2n) is 12.6. The minimum absolute atomic E-state index is 0.887. The average molecular weight is 644 g/mol. The van der Waals surface area contributed by atoms with E-state index in [-0.39, 0.29) is 0 Å².